The van der Waals surface area contributed by atoms with Gasteiger partial charge in [-0.1, -0.05) is 48.5 Å². The summed E-state index contributed by atoms with van der Waals surface area (Å²) < 4.78 is 5.54. The minimum atomic E-state index is -0.974. The number of amides is 1. The van der Waals surface area contributed by atoms with E-state index in [1.54, 1.807) is 0 Å². The van der Waals surface area contributed by atoms with Crippen molar-refractivity contribution in [2.75, 3.05) is 6.61 Å². The van der Waals surface area contributed by atoms with E-state index < -0.39 is 18.1 Å². The van der Waals surface area contributed by atoms with E-state index >= 15 is 0 Å². The van der Waals surface area contributed by atoms with Crippen molar-refractivity contribution in [3.05, 3.63) is 81.5 Å². The summed E-state index contributed by atoms with van der Waals surface area (Å²) >= 11 is 1.52. The van der Waals surface area contributed by atoms with E-state index in [1.165, 1.54) is 11.3 Å². The Kier molecular flexibility index (Phi) is 5.36. The molecule has 0 saturated carbocycles. The molecule has 29 heavy (non-hydrogen) atoms. The summed E-state index contributed by atoms with van der Waals surface area (Å²) in [7, 11) is 0. The minimum absolute atomic E-state index is 0.0329. The summed E-state index contributed by atoms with van der Waals surface area (Å²) in [4.78, 5) is 24.8. The van der Waals surface area contributed by atoms with Crippen LogP contribution in [0, 0.1) is 6.92 Å². The molecule has 2 N–H and O–H groups in total. The zero-order valence-corrected chi connectivity index (χ0v) is 16.7. The van der Waals surface area contributed by atoms with Crippen LogP contribution in [-0.4, -0.2) is 23.8 Å². The molecule has 5 nitrogen and oxygen atoms in total. The lowest BCUT2D eigenvalue weighted by Crippen LogP contribution is -2.31. The van der Waals surface area contributed by atoms with Crippen LogP contribution in [0.2, 0.25) is 0 Å². The quantitative estimate of drug-likeness (QED) is 0.595. The molecule has 0 fully saturated rings. The number of ether oxygens (including phenoxy) is 1. The number of alkyl carbamates (subject to hydrolysis) is 1. The van der Waals surface area contributed by atoms with Gasteiger partial charge in [-0.25, -0.2) is 4.79 Å². The van der Waals surface area contributed by atoms with E-state index in [2.05, 4.69) is 29.6 Å². The van der Waals surface area contributed by atoms with Crippen LogP contribution in [0.3, 0.4) is 0 Å². The highest BCUT2D eigenvalue weighted by molar-refractivity contribution is 7.10. The third-order valence-corrected chi connectivity index (χ3v) is 6.05. The van der Waals surface area contributed by atoms with Gasteiger partial charge in [0.05, 0.1) is 12.5 Å². The first-order chi connectivity index (χ1) is 14.0. The van der Waals surface area contributed by atoms with Crippen LogP contribution in [0.25, 0.3) is 11.1 Å². The first-order valence-corrected chi connectivity index (χ1v) is 10.3. The number of aliphatic carboxylic acids is 1. The molecule has 1 amide bonds. The normalized spacial score (nSPS) is 13.4. The first-order valence-electron chi connectivity index (χ1n) is 9.41. The Morgan fingerprint density at radius 3 is 2.28 bits per heavy atom. The maximum atomic E-state index is 12.5. The van der Waals surface area contributed by atoms with Gasteiger partial charge in [0.15, 0.2) is 0 Å². The van der Waals surface area contributed by atoms with Gasteiger partial charge in [0.25, 0.3) is 0 Å². The Bertz CT molecular complexity index is 1010. The smallest absolute Gasteiger partial charge is 0.407 e. The lowest BCUT2D eigenvalue weighted by atomic mass is 9.98. The maximum Gasteiger partial charge on any atom is 0.407 e. The van der Waals surface area contributed by atoms with Crippen molar-refractivity contribution in [1.29, 1.82) is 0 Å². The second-order valence-corrected chi connectivity index (χ2v) is 8.23. The molecule has 1 atom stereocenters. The topological polar surface area (TPSA) is 75.6 Å². The number of hydrogen-bond acceptors (Lipinski definition) is 4. The van der Waals surface area contributed by atoms with Crippen molar-refractivity contribution in [1.82, 2.24) is 5.32 Å². The van der Waals surface area contributed by atoms with Crippen LogP contribution < -0.4 is 5.32 Å². The molecule has 148 valence electrons. The summed E-state index contributed by atoms with van der Waals surface area (Å²) in [6.07, 6.45) is -0.803. The summed E-state index contributed by atoms with van der Waals surface area (Å²) in [6.45, 7) is 2.14. The molecule has 3 aromatic rings. The van der Waals surface area contributed by atoms with Crippen molar-refractivity contribution in [2.45, 2.75) is 25.3 Å². The van der Waals surface area contributed by atoms with Crippen LogP contribution in [0.5, 0.6) is 0 Å². The van der Waals surface area contributed by atoms with Crippen LogP contribution >= 0.6 is 11.3 Å². The second-order valence-electron chi connectivity index (χ2n) is 7.11. The van der Waals surface area contributed by atoms with Gasteiger partial charge < -0.3 is 15.2 Å². The predicted molar refractivity (Wildman–Crippen MR) is 112 cm³/mol. The second kappa shape index (κ2) is 8.09. The molecule has 0 unspecified atom stereocenters. The van der Waals surface area contributed by atoms with Gasteiger partial charge in [-0.15, -0.1) is 11.3 Å². The van der Waals surface area contributed by atoms with E-state index in [4.69, 9.17) is 4.74 Å². The van der Waals surface area contributed by atoms with Crippen LogP contribution in [0.15, 0.2) is 60.0 Å². The molecule has 4 rings (SSSR count). The Morgan fingerprint density at radius 2 is 1.72 bits per heavy atom. The number of carboxylic acids is 1. The van der Waals surface area contributed by atoms with Gasteiger partial charge >= 0.3 is 12.1 Å². The Balaban J connectivity index is 1.47. The van der Waals surface area contributed by atoms with Gasteiger partial charge in [0.1, 0.15) is 6.61 Å². The molecule has 1 aliphatic carbocycles. The fourth-order valence-electron chi connectivity index (χ4n) is 3.86. The van der Waals surface area contributed by atoms with Gasteiger partial charge in [-0.05, 0) is 46.2 Å². The SMILES string of the molecule is Cc1cc([C@@H](CC(=O)O)NC(=O)OCC2c3ccccc3-c3ccccc32)cs1. The molecular weight excluding hydrogens is 386 g/mol. The summed E-state index contributed by atoms with van der Waals surface area (Å²) in [5.41, 5.74) is 5.38. The van der Waals surface area contributed by atoms with Gasteiger partial charge in [0.2, 0.25) is 0 Å². The van der Waals surface area contributed by atoms with Gasteiger partial charge in [-0.3, -0.25) is 4.79 Å². The Hall–Kier alpha value is -3.12. The van der Waals surface area contributed by atoms with Gasteiger partial charge in [0, 0.05) is 10.8 Å². The van der Waals surface area contributed by atoms with Crippen molar-refractivity contribution >= 4 is 23.4 Å². The Labute approximate surface area is 173 Å². The maximum absolute atomic E-state index is 12.5. The van der Waals surface area contributed by atoms with Crippen LogP contribution in [0.4, 0.5) is 4.79 Å². The van der Waals surface area contributed by atoms with Crippen LogP contribution in [0.1, 0.15) is 39.9 Å². The van der Waals surface area contributed by atoms with Crippen molar-refractivity contribution in [3.8, 4) is 11.1 Å². The van der Waals surface area contributed by atoms with Crippen molar-refractivity contribution in [3.63, 3.8) is 0 Å². The third-order valence-electron chi connectivity index (χ3n) is 5.17. The zero-order chi connectivity index (χ0) is 20.4. The van der Waals surface area contributed by atoms with Crippen molar-refractivity contribution in [2.24, 2.45) is 0 Å². The number of carbonyl (C=O) groups is 2. The average molecular weight is 407 g/mol. The highest BCUT2D eigenvalue weighted by Crippen LogP contribution is 2.44. The van der Waals surface area contributed by atoms with Gasteiger partial charge in [-0.2, -0.15) is 0 Å². The molecule has 1 heterocycles. The lowest BCUT2D eigenvalue weighted by molar-refractivity contribution is -0.137. The number of carboxylic acid groups (broad SMARTS) is 1. The van der Waals surface area contributed by atoms with E-state index in [0.717, 1.165) is 32.7 Å². The number of nitrogens with one attached hydrogen (secondary N) is 1. The summed E-state index contributed by atoms with van der Waals surface area (Å²) in [6, 6.07) is 17.5. The molecule has 6 heteroatoms. The number of benzene rings is 2. The van der Waals surface area contributed by atoms with E-state index in [9.17, 15) is 14.7 Å². The first kappa shape index (κ1) is 19.2. The van der Waals surface area contributed by atoms with E-state index in [1.807, 2.05) is 42.6 Å². The molecule has 0 saturated heterocycles. The lowest BCUT2D eigenvalue weighted by Gasteiger charge is -2.18. The molecular formula is C23H21NO4S. The predicted octanol–water partition coefficient (Wildman–Crippen LogP) is 5.11. The fourth-order valence-corrected chi connectivity index (χ4v) is 4.61. The Morgan fingerprint density at radius 1 is 1.10 bits per heavy atom. The molecule has 1 aliphatic rings. The van der Waals surface area contributed by atoms with E-state index in [0.29, 0.717) is 0 Å². The molecule has 2 aromatic carbocycles. The zero-order valence-electron chi connectivity index (χ0n) is 15.9. The van der Waals surface area contributed by atoms with Crippen molar-refractivity contribution < 1.29 is 19.4 Å². The number of aryl methyl sites for hydroxylation is 1. The average Bonchev–Trinajstić information content (AvgIpc) is 3.27. The standard InChI is InChI=1S/C23H21NO4S/c1-14-10-15(13-29-14)21(11-22(25)26)24-23(27)28-12-20-18-8-4-2-6-16(18)17-7-3-5-9-19(17)20/h2-10,13,20-21H,11-12H2,1H3,(H,24,27)(H,25,26)/t21-/m1/s1. The highest BCUT2D eigenvalue weighted by Gasteiger charge is 2.29. The number of fused-ring (bicyclic) bond motifs is 3. The number of hydrogen-bond donors (Lipinski definition) is 2. The fraction of sp³-hybridized carbons (Fsp3) is 0.217. The molecule has 0 spiro atoms. The largest absolute Gasteiger partial charge is 0.481 e. The molecule has 0 aliphatic heterocycles. The van der Waals surface area contributed by atoms with Crippen LogP contribution in [-0.2, 0) is 9.53 Å². The molecule has 0 radical (unpaired) electrons. The monoisotopic (exact) mass is 407 g/mol. The van der Waals surface area contributed by atoms with E-state index in [-0.39, 0.29) is 18.9 Å². The number of thiophene rings is 1. The highest BCUT2D eigenvalue weighted by atomic mass is 32.1. The molecule has 1 aromatic heterocycles. The summed E-state index contributed by atoms with van der Waals surface area (Å²) in [5.74, 6) is -1.01. The third kappa shape index (κ3) is 4.03. The minimum Gasteiger partial charge on any atom is -0.481 e. The molecule has 0 bridgehead atoms. The number of rotatable bonds is 6. The number of carbonyl (C=O) groups excluding carboxylic acids is 1. The summed E-state index contributed by atoms with van der Waals surface area (Å²) in [5, 5.41) is 13.8.